The monoisotopic (exact) mass is 225 g/mol. The number of rotatable bonds is 3. The highest BCUT2D eigenvalue weighted by atomic mass is 32.2. The number of anilines is 1. The molecule has 72 valence electrons. The molecule has 0 aliphatic carbocycles. The Bertz CT molecular complexity index is 402. The summed E-state index contributed by atoms with van der Waals surface area (Å²) in [6.07, 6.45) is 4.99. The topological polar surface area (TPSA) is 76.7 Å². The van der Waals surface area contributed by atoms with Gasteiger partial charge < -0.3 is 5.43 Å². The maximum atomic E-state index is 5.22. The third-order valence-electron chi connectivity index (χ3n) is 1.36. The molecule has 5 nitrogen and oxygen atoms in total. The smallest absolute Gasteiger partial charge is 0.159 e. The van der Waals surface area contributed by atoms with E-state index in [0.717, 1.165) is 9.37 Å². The molecule has 0 saturated heterocycles. The number of thiazole rings is 1. The lowest BCUT2D eigenvalue weighted by atomic mass is 10.7. The maximum Gasteiger partial charge on any atom is 0.159 e. The average molecular weight is 225 g/mol. The SMILES string of the molecule is NNc1cncc(Sc2nccs2)n1. The van der Waals surface area contributed by atoms with E-state index in [0.29, 0.717) is 5.82 Å². The molecule has 2 aromatic heterocycles. The number of nitrogens with one attached hydrogen (secondary N) is 1. The van der Waals surface area contributed by atoms with Gasteiger partial charge in [0.15, 0.2) is 10.2 Å². The summed E-state index contributed by atoms with van der Waals surface area (Å²) in [5.74, 6) is 5.77. The third kappa shape index (κ3) is 2.19. The molecule has 0 amide bonds. The van der Waals surface area contributed by atoms with Crippen molar-refractivity contribution in [3.63, 3.8) is 0 Å². The highest BCUT2D eigenvalue weighted by Crippen LogP contribution is 2.27. The molecule has 0 aromatic carbocycles. The second-order valence-electron chi connectivity index (χ2n) is 2.29. The lowest BCUT2D eigenvalue weighted by Crippen LogP contribution is -2.08. The highest BCUT2D eigenvalue weighted by molar-refractivity contribution is 8.00. The van der Waals surface area contributed by atoms with E-state index in [4.69, 9.17) is 5.84 Å². The lowest BCUT2D eigenvalue weighted by molar-refractivity contribution is 1.04. The Hall–Kier alpha value is -1.18. The van der Waals surface area contributed by atoms with Gasteiger partial charge in [0, 0.05) is 11.6 Å². The summed E-state index contributed by atoms with van der Waals surface area (Å²) in [4.78, 5) is 12.3. The first-order valence-corrected chi connectivity index (χ1v) is 5.44. The molecule has 2 rings (SSSR count). The molecule has 0 fully saturated rings. The van der Waals surface area contributed by atoms with Crippen molar-refractivity contribution in [3.8, 4) is 0 Å². The summed E-state index contributed by atoms with van der Waals surface area (Å²) in [6, 6.07) is 0. The first-order chi connectivity index (χ1) is 6.88. The van der Waals surface area contributed by atoms with Gasteiger partial charge in [0.2, 0.25) is 0 Å². The van der Waals surface area contributed by atoms with Gasteiger partial charge in [-0.15, -0.1) is 11.3 Å². The molecule has 0 bridgehead atoms. The van der Waals surface area contributed by atoms with Gasteiger partial charge in [-0.05, 0) is 11.8 Å². The van der Waals surface area contributed by atoms with Crippen LogP contribution < -0.4 is 11.3 Å². The van der Waals surface area contributed by atoms with Crippen LogP contribution in [0.1, 0.15) is 0 Å². The molecule has 0 aliphatic rings. The van der Waals surface area contributed by atoms with E-state index in [9.17, 15) is 0 Å². The van der Waals surface area contributed by atoms with Crippen molar-refractivity contribution in [2.45, 2.75) is 9.37 Å². The Morgan fingerprint density at radius 3 is 3.07 bits per heavy atom. The first-order valence-electron chi connectivity index (χ1n) is 3.74. The second-order valence-corrected chi connectivity index (χ2v) is 4.45. The maximum absolute atomic E-state index is 5.22. The van der Waals surface area contributed by atoms with E-state index >= 15 is 0 Å². The van der Waals surface area contributed by atoms with E-state index in [1.165, 1.54) is 11.8 Å². The van der Waals surface area contributed by atoms with Crippen molar-refractivity contribution in [2.24, 2.45) is 5.84 Å². The van der Waals surface area contributed by atoms with Crippen LogP contribution in [-0.2, 0) is 0 Å². The molecule has 14 heavy (non-hydrogen) atoms. The summed E-state index contributed by atoms with van der Waals surface area (Å²) in [5.41, 5.74) is 2.44. The summed E-state index contributed by atoms with van der Waals surface area (Å²) in [6.45, 7) is 0. The van der Waals surface area contributed by atoms with Crippen LogP contribution in [-0.4, -0.2) is 15.0 Å². The molecule has 2 heterocycles. The minimum atomic E-state index is 0.548. The van der Waals surface area contributed by atoms with Crippen LogP contribution in [0.2, 0.25) is 0 Å². The van der Waals surface area contributed by atoms with Crippen molar-refractivity contribution in [3.05, 3.63) is 24.0 Å². The fourth-order valence-electron chi connectivity index (χ4n) is 0.817. The Balaban J connectivity index is 2.17. The van der Waals surface area contributed by atoms with Gasteiger partial charge >= 0.3 is 0 Å². The fourth-order valence-corrected chi connectivity index (χ4v) is 2.34. The van der Waals surface area contributed by atoms with Crippen molar-refractivity contribution in [1.82, 2.24) is 15.0 Å². The molecule has 2 aromatic rings. The van der Waals surface area contributed by atoms with Gasteiger partial charge in [0.25, 0.3) is 0 Å². The second kappa shape index (κ2) is 4.36. The minimum Gasteiger partial charge on any atom is -0.307 e. The van der Waals surface area contributed by atoms with Crippen LogP contribution in [0.4, 0.5) is 5.82 Å². The van der Waals surface area contributed by atoms with Crippen LogP contribution in [0.15, 0.2) is 33.3 Å². The summed E-state index contributed by atoms with van der Waals surface area (Å²) < 4.78 is 0.938. The molecule has 3 N–H and O–H groups in total. The van der Waals surface area contributed by atoms with Crippen LogP contribution in [0, 0.1) is 0 Å². The molecule has 0 spiro atoms. The van der Waals surface area contributed by atoms with Gasteiger partial charge in [-0.3, -0.25) is 4.98 Å². The summed E-state index contributed by atoms with van der Waals surface area (Å²) in [7, 11) is 0. The summed E-state index contributed by atoms with van der Waals surface area (Å²) in [5, 5.41) is 2.69. The van der Waals surface area contributed by atoms with Crippen molar-refractivity contribution in [1.29, 1.82) is 0 Å². The number of nitrogens with zero attached hydrogens (tertiary/aromatic N) is 3. The normalized spacial score (nSPS) is 10.1. The third-order valence-corrected chi connectivity index (χ3v) is 3.15. The molecular formula is C7H7N5S2. The van der Waals surface area contributed by atoms with E-state index in [1.807, 2.05) is 5.38 Å². The predicted molar refractivity (Wildman–Crippen MR) is 56.1 cm³/mol. The van der Waals surface area contributed by atoms with E-state index in [1.54, 1.807) is 29.9 Å². The molecule has 0 saturated carbocycles. The van der Waals surface area contributed by atoms with Crippen LogP contribution >= 0.6 is 23.1 Å². The summed E-state index contributed by atoms with van der Waals surface area (Å²) >= 11 is 3.03. The van der Waals surface area contributed by atoms with Gasteiger partial charge in [0.1, 0.15) is 5.03 Å². The molecule has 7 heteroatoms. The van der Waals surface area contributed by atoms with Crippen molar-refractivity contribution in [2.75, 3.05) is 5.43 Å². The number of hydrazine groups is 1. The number of nitrogen functional groups attached to an aromatic ring is 1. The zero-order valence-corrected chi connectivity index (χ0v) is 8.68. The van der Waals surface area contributed by atoms with Crippen LogP contribution in [0.5, 0.6) is 0 Å². The van der Waals surface area contributed by atoms with Gasteiger partial charge in [-0.1, -0.05) is 0 Å². The van der Waals surface area contributed by atoms with Crippen molar-refractivity contribution < 1.29 is 0 Å². The van der Waals surface area contributed by atoms with Crippen LogP contribution in [0.25, 0.3) is 0 Å². The Morgan fingerprint density at radius 2 is 2.36 bits per heavy atom. The van der Waals surface area contributed by atoms with Gasteiger partial charge in [0.05, 0.1) is 12.4 Å². The Labute approximate surface area is 88.8 Å². The molecular weight excluding hydrogens is 218 g/mol. The molecule has 0 atom stereocenters. The minimum absolute atomic E-state index is 0.548. The number of hydrogen-bond acceptors (Lipinski definition) is 7. The van der Waals surface area contributed by atoms with E-state index in [-0.39, 0.29) is 0 Å². The molecule has 0 aliphatic heterocycles. The standard InChI is InChI=1S/C7H7N5S2/c8-12-5-3-9-4-6(11-5)14-7-10-1-2-13-7/h1-4H,8H2,(H,11,12). The Kier molecular flexibility index (Phi) is 2.92. The zero-order chi connectivity index (χ0) is 9.80. The Morgan fingerprint density at radius 1 is 1.43 bits per heavy atom. The highest BCUT2D eigenvalue weighted by Gasteiger charge is 2.02. The van der Waals surface area contributed by atoms with Crippen molar-refractivity contribution >= 4 is 28.9 Å². The van der Waals surface area contributed by atoms with E-state index < -0.39 is 0 Å². The largest absolute Gasteiger partial charge is 0.307 e. The number of nitrogens with two attached hydrogens (primary N) is 1. The lowest BCUT2D eigenvalue weighted by Gasteiger charge is -1.99. The molecule has 0 radical (unpaired) electrons. The number of hydrogen-bond donors (Lipinski definition) is 2. The average Bonchev–Trinajstić information content (AvgIpc) is 2.71. The van der Waals surface area contributed by atoms with Crippen LogP contribution in [0.3, 0.4) is 0 Å². The number of aromatic nitrogens is 3. The first kappa shape index (κ1) is 9.38. The van der Waals surface area contributed by atoms with E-state index in [2.05, 4.69) is 20.4 Å². The zero-order valence-electron chi connectivity index (χ0n) is 7.04. The van der Waals surface area contributed by atoms with Gasteiger partial charge in [-0.25, -0.2) is 15.8 Å². The predicted octanol–water partition coefficient (Wildman–Crippen LogP) is 1.37. The van der Waals surface area contributed by atoms with Gasteiger partial charge in [-0.2, -0.15) is 0 Å². The quantitative estimate of drug-likeness (QED) is 0.607. The fraction of sp³-hybridized carbons (Fsp3) is 0. The molecule has 0 unspecified atom stereocenters.